The summed E-state index contributed by atoms with van der Waals surface area (Å²) < 4.78 is 27.6. The highest BCUT2D eigenvalue weighted by Gasteiger charge is 2.44. The van der Waals surface area contributed by atoms with Crippen LogP contribution in [-0.4, -0.2) is 47.3 Å². The number of benzene rings is 1. The summed E-state index contributed by atoms with van der Waals surface area (Å²) in [5, 5.41) is 7.16. The third-order valence-electron chi connectivity index (χ3n) is 5.45. The molecule has 2 aromatic rings. The molecule has 1 saturated heterocycles. The maximum atomic E-state index is 13.2. The Morgan fingerprint density at radius 3 is 2.41 bits per heavy atom. The first kappa shape index (κ1) is 19.6. The molecular weight excluding hydrogens is 364 g/mol. The first-order valence-corrected chi connectivity index (χ1v) is 10.8. The quantitative estimate of drug-likeness (QED) is 0.808. The first-order chi connectivity index (χ1) is 12.9. The molecule has 0 atom stereocenters. The second kappa shape index (κ2) is 7.82. The van der Waals surface area contributed by atoms with Gasteiger partial charge in [0.1, 0.15) is 0 Å². The van der Waals surface area contributed by atoms with Crippen LogP contribution in [-0.2, 0) is 33.8 Å². The van der Waals surface area contributed by atoms with Crippen molar-refractivity contribution in [3.63, 3.8) is 0 Å². The topological polar surface area (TPSA) is 84.3 Å². The van der Waals surface area contributed by atoms with Crippen molar-refractivity contribution in [2.45, 2.75) is 31.7 Å². The minimum absolute atomic E-state index is 0.0663. The predicted molar refractivity (Wildman–Crippen MR) is 103 cm³/mol. The average molecular weight is 391 g/mol. The van der Waals surface area contributed by atoms with Crippen LogP contribution in [0, 0.1) is 0 Å². The van der Waals surface area contributed by atoms with Gasteiger partial charge in [0.2, 0.25) is 15.9 Å². The summed E-state index contributed by atoms with van der Waals surface area (Å²) in [6, 6.07) is 11.5. The van der Waals surface area contributed by atoms with Crippen molar-refractivity contribution in [3.8, 4) is 0 Å². The van der Waals surface area contributed by atoms with Crippen LogP contribution in [0.25, 0.3) is 0 Å². The fraction of sp³-hybridized carbons (Fsp3) is 0.474. The van der Waals surface area contributed by atoms with E-state index >= 15 is 0 Å². The van der Waals surface area contributed by atoms with Gasteiger partial charge in [-0.2, -0.15) is 5.10 Å². The van der Waals surface area contributed by atoms with Gasteiger partial charge in [-0.1, -0.05) is 30.3 Å². The van der Waals surface area contributed by atoms with Crippen LogP contribution in [0.4, 0.5) is 0 Å². The lowest BCUT2D eigenvalue weighted by Gasteiger charge is -2.40. The first-order valence-electron chi connectivity index (χ1n) is 9.17. The van der Waals surface area contributed by atoms with E-state index in [1.807, 2.05) is 43.4 Å². The van der Waals surface area contributed by atoms with Gasteiger partial charge in [0.15, 0.2) is 0 Å². The van der Waals surface area contributed by atoms with Gasteiger partial charge in [-0.3, -0.25) is 9.48 Å². The molecule has 1 aliphatic rings. The van der Waals surface area contributed by atoms with E-state index in [4.69, 9.17) is 0 Å². The SMILES string of the molecule is CCS(=O)(=O)N1CCC(C(=O)NCc2ccnn2C)(c2ccccc2)CC1. The van der Waals surface area contributed by atoms with Gasteiger partial charge < -0.3 is 5.32 Å². The minimum Gasteiger partial charge on any atom is -0.350 e. The molecule has 7 nitrogen and oxygen atoms in total. The van der Waals surface area contributed by atoms with Gasteiger partial charge in [0.25, 0.3) is 0 Å². The Balaban J connectivity index is 1.82. The molecule has 0 spiro atoms. The van der Waals surface area contributed by atoms with Gasteiger partial charge >= 0.3 is 0 Å². The summed E-state index contributed by atoms with van der Waals surface area (Å²) in [6.07, 6.45) is 2.63. The van der Waals surface area contributed by atoms with Gasteiger partial charge in [0.05, 0.1) is 23.4 Å². The van der Waals surface area contributed by atoms with Crippen molar-refractivity contribution in [3.05, 3.63) is 53.9 Å². The smallest absolute Gasteiger partial charge is 0.231 e. The third-order valence-corrected chi connectivity index (χ3v) is 7.33. The molecule has 146 valence electrons. The van der Waals surface area contributed by atoms with Crippen LogP contribution < -0.4 is 5.32 Å². The zero-order chi connectivity index (χ0) is 19.5. The highest BCUT2D eigenvalue weighted by Crippen LogP contribution is 2.36. The summed E-state index contributed by atoms with van der Waals surface area (Å²) >= 11 is 0. The summed E-state index contributed by atoms with van der Waals surface area (Å²) in [5.41, 5.74) is 1.12. The van der Waals surface area contributed by atoms with Crippen molar-refractivity contribution < 1.29 is 13.2 Å². The second-order valence-electron chi connectivity index (χ2n) is 6.88. The molecule has 3 rings (SSSR count). The Morgan fingerprint density at radius 2 is 1.85 bits per heavy atom. The fourth-order valence-corrected chi connectivity index (χ4v) is 4.75. The molecule has 2 heterocycles. The van der Waals surface area contributed by atoms with Crippen molar-refractivity contribution in [2.24, 2.45) is 7.05 Å². The lowest BCUT2D eigenvalue weighted by molar-refractivity contribution is -0.128. The van der Waals surface area contributed by atoms with E-state index in [0.29, 0.717) is 32.5 Å². The zero-order valence-corrected chi connectivity index (χ0v) is 16.6. The fourth-order valence-electron chi connectivity index (χ4n) is 3.65. The van der Waals surface area contributed by atoms with Crippen molar-refractivity contribution in [2.75, 3.05) is 18.8 Å². The molecule has 1 aromatic heterocycles. The Labute approximate surface area is 160 Å². The van der Waals surface area contributed by atoms with Crippen molar-refractivity contribution in [1.29, 1.82) is 0 Å². The summed E-state index contributed by atoms with van der Waals surface area (Å²) in [4.78, 5) is 13.2. The summed E-state index contributed by atoms with van der Waals surface area (Å²) in [6.45, 7) is 2.74. The van der Waals surface area contributed by atoms with E-state index in [9.17, 15) is 13.2 Å². The van der Waals surface area contributed by atoms with E-state index in [-0.39, 0.29) is 11.7 Å². The molecule has 1 fully saturated rings. The number of hydrogen-bond donors (Lipinski definition) is 1. The lowest BCUT2D eigenvalue weighted by atomic mass is 9.72. The number of nitrogens with zero attached hydrogens (tertiary/aromatic N) is 3. The number of piperidine rings is 1. The molecule has 1 aliphatic heterocycles. The van der Waals surface area contributed by atoms with Gasteiger partial charge in [-0.05, 0) is 31.4 Å². The number of amides is 1. The number of carbonyl (C=O) groups is 1. The van der Waals surface area contributed by atoms with Crippen LogP contribution in [0.15, 0.2) is 42.6 Å². The van der Waals surface area contributed by atoms with Gasteiger partial charge in [-0.25, -0.2) is 12.7 Å². The molecule has 27 heavy (non-hydrogen) atoms. The lowest BCUT2D eigenvalue weighted by Crippen LogP contribution is -2.52. The van der Waals surface area contributed by atoms with E-state index in [1.54, 1.807) is 17.8 Å². The standard InChI is InChI=1S/C19H26N4O3S/c1-3-27(25,26)23-13-10-19(11-14-23,16-7-5-4-6-8-16)18(24)20-15-17-9-12-21-22(17)2/h4-9,12H,3,10-11,13-15H2,1-2H3,(H,20,24). The zero-order valence-electron chi connectivity index (χ0n) is 15.8. The van der Waals surface area contributed by atoms with E-state index in [2.05, 4.69) is 10.4 Å². The molecule has 8 heteroatoms. The minimum atomic E-state index is -3.24. The molecule has 0 aliphatic carbocycles. The predicted octanol–water partition coefficient (Wildman–Crippen LogP) is 1.42. The van der Waals surface area contributed by atoms with Crippen LogP contribution in [0.1, 0.15) is 31.0 Å². The van der Waals surface area contributed by atoms with Gasteiger partial charge in [0, 0.05) is 26.3 Å². The maximum Gasteiger partial charge on any atom is 0.231 e. The summed E-state index contributed by atoms with van der Waals surface area (Å²) in [5.74, 6) is 0.0151. The molecule has 1 aromatic carbocycles. The van der Waals surface area contributed by atoms with E-state index < -0.39 is 15.4 Å². The van der Waals surface area contributed by atoms with Gasteiger partial charge in [-0.15, -0.1) is 0 Å². The molecule has 0 bridgehead atoms. The van der Waals surface area contributed by atoms with E-state index in [0.717, 1.165) is 11.3 Å². The Bertz CT molecular complexity index is 885. The van der Waals surface area contributed by atoms with Crippen LogP contribution >= 0.6 is 0 Å². The molecular formula is C19H26N4O3S. The highest BCUT2D eigenvalue weighted by atomic mass is 32.2. The number of aryl methyl sites for hydroxylation is 1. The molecule has 1 amide bonds. The van der Waals surface area contributed by atoms with E-state index in [1.165, 1.54) is 4.31 Å². The number of nitrogens with one attached hydrogen (secondary N) is 1. The molecule has 1 N–H and O–H groups in total. The van der Waals surface area contributed by atoms with Crippen LogP contribution in [0.3, 0.4) is 0 Å². The third kappa shape index (κ3) is 3.91. The highest BCUT2D eigenvalue weighted by molar-refractivity contribution is 7.89. The largest absolute Gasteiger partial charge is 0.350 e. The normalized spacial score (nSPS) is 17.6. The molecule has 0 radical (unpaired) electrons. The van der Waals surface area contributed by atoms with Crippen molar-refractivity contribution >= 4 is 15.9 Å². The number of hydrogen-bond acceptors (Lipinski definition) is 4. The van der Waals surface area contributed by atoms with Crippen LogP contribution in [0.5, 0.6) is 0 Å². The Kier molecular flexibility index (Phi) is 5.67. The average Bonchev–Trinajstić information content (AvgIpc) is 3.11. The second-order valence-corrected chi connectivity index (χ2v) is 9.13. The van der Waals surface area contributed by atoms with Crippen LogP contribution in [0.2, 0.25) is 0 Å². The monoisotopic (exact) mass is 390 g/mol. The Hall–Kier alpha value is -2.19. The molecule has 0 saturated carbocycles. The number of carbonyl (C=O) groups excluding carboxylic acids is 1. The Morgan fingerprint density at radius 1 is 1.19 bits per heavy atom. The molecule has 0 unspecified atom stereocenters. The van der Waals surface area contributed by atoms with Crippen molar-refractivity contribution in [1.82, 2.24) is 19.4 Å². The number of aromatic nitrogens is 2. The summed E-state index contributed by atoms with van der Waals surface area (Å²) in [7, 11) is -1.41. The maximum absolute atomic E-state index is 13.2. The number of rotatable bonds is 6. The number of sulfonamides is 1.